The maximum Gasteiger partial charge on any atom is 0.259 e. The van der Waals surface area contributed by atoms with Crippen LogP contribution in [0.15, 0.2) is 57.4 Å². The number of fused-ring (bicyclic) bond motifs is 1. The van der Waals surface area contributed by atoms with Crippen LogP contribution in [0.5, 0.6) is 5.75 Å². The second kappa shape index (κ2) is 8.56. The van der Waals surface area contributed by atoms with Crippen LogP contribution in [0.1, 0.15) is 15.9 Å². The number of carbonyl (C=O) groups excluding carboxylic acids is 1. The largest absolute Gasteiger partial charge is 0.496 e. The normalized spacial score (nSPS) is 11.0. The first kappa shape index (κ1) is 21.1. The predicted molar refractivity (Wildman–Crippen MR) is 131 cm³/mol. The molecule has 4 rings (SSSR count). The van der Waals surface area contributed by atoms with E-state index < -0.39 is 0 Å². The minimum absolute atomic E-state index is 0.278. The van der Waals surface area contributed by atoms with Crippen molar-refractivity contribution in [3.63, 3.8) is 0 Å². The number of halogens is 3. The van der Waals surface area contributed by atoms with E-state index in [-0.39, 0.29) is 5.91 Å². The van der Waals surface area contributed by atoms with E-state index in [1.54, 1.807) is 31.4 Å². The molecule has 1 amide bonds. The van der Waals surface area contributed by atoms with Crippen molar-refractivity contribution >= 4 is 72.8 Å². The van der Waals surface area contributed by atoms with Gasteiger partial charge in [-0.05, 0) is 83.6 Å². The smallest absolute Gasteiger partial charge is 0.259 e. The minimum Gasteiger partial charge on any atom is -0.496 e. The molecule has 1 N–H and O–H groups in total. The minimum atomic E-state index is -0.278. The molecular formula is C22H15BrClIN2O3. The summed E-state index contributed by atoms with van der Waals surface area (Å²) in [6.07, 6.45) is 0. The average Bonchev–Trinajstić information content (AvgIpc) is 3.12. The van der Waals surface area contributed by atoms with Gasteiger partial charge in [0.05, 0.1) is 23.3 Å². The lowest BCUT2D eigenvalue weighted by atomic mass is 10.1. The lowest BCUT2D eigenvalue weighted by molar-refractivity contribution is 0.102. The van der Waals surface area contributed by atoms with Crippen molar-refractivity contribution in [2.75, 3.05) is 12.4 Å². The molecule has 0 saturated carbocycles. The maximum absolute atomic E-state index is 12.9. The Morgan fingerprint density at radius 1 is 1.20 bits per heavy atom. The Morgan fingerprint density at radius 3 is 2.77 bits per heavy atom. The highest BCUT2D eigenvalue weighted by atomic mass is 127. The molecule has 0 atom stereocenters. The maximum atomic E-state index is 12.9. The van der Waals surface area contributed by atoms with Crippen LogP contribution in [0, 0.1) is 10.5 Å². The number of ether oxygens (including phenoxy) is 1. The van der Waals surface area contributed by atoms with Crippen molar-refractivity contribution in [3.8, 4) is 17.2 Å². The van der Waals surface area contributed by atoms with Gasteiger partial charge in [0, 0.05) is 13.7 Å². The number of amides is 1. The van der Waals surface area contributed by atoms with Gasteiger partial charge in [0.2, 0.25) is 5.89 Å². The van der Waals surface area contributed by atoms with Crippen molar-refractivity contribution in [1.82, 2.24) is 4.98 Å². The van der Waals surface area contributed by atoms with Gasteiger partial charge in [-0.25, -0.2) is 4.98 Å². The summed E-state index contributed by atoms with van der Waals surface area (Å²) < 4.78 is 13.1. The van der Waals surface area contributed by atoms with E-state index in [4.69, 9.17) is 20.8 Å². The van der Waals surface area contributed by atoms with E-state index in [1.165, 1.54) is 0 Å². The molecule has 0 unspecified atom stereocenters. The number of aromatic nitrogens is 1. The van der Waals surface area contributed by atoms with E-state index in [9.17, 15) is 4.79 Å². The molecule has 0 fully saturated rings. The number of hydrogen-bond acceptors (Lipinski definition) is 4. The van der Waals surface area contributed by atoms with E-state index >= 15 is 0 Å². The van der Waals surface area contributed by atoms with Gasteiger partial charge in [-0.2, -0.15) is 0 Å². The molecule has 4 aromatic rings. The second-order valence-corrected chi connectivity index (χ2v) is 9.15. The number of oxazole rings is 1. The number of nitrogens with one attached hydrogen (secondary N) is 1. The molecule has 1 heterocycles. The number of nitrogens with zero attached hydrogens (tertiary/aromatic N) is 1. The van der Waals surface area contributed by atoms with E-state index in [0.29, 0.717) is 39.0 Å². The molecule has 152 valence electrons. The number of aryl methyl sites for hydroxylation is 1. The quantitative estimate of drug-likeness (QED) is 0.255. The molecule has 0 saturated heterocycles. The summed E-state index contributed by atoms with van der Waals surface area (Å²) in [4.78, 5) is 17.4. The number of rotatable bonds is 4. The van der Waals surface area contributed by atoms with E-state index in [0.717, 1.165) is 19.2 Å². The van der Waals surface area contributed by atoms with Gasteiger partial charge >= 0.3 is 0 Å². The summed E-state index contributed by atoms with van der Waals surface area (Å²) >= 11 is 11.9. The van der Waals surface area contributed by atoms with Gasteiger partial charge in [0.15, 0.2) is 5.58 Å². The highest BCUT2D eigenvalue weighted by molar-refractivity contribution is 14.1. The first-order valence-corrected chi connectivity index (χ1v) is 11.1. The molecule has 3 aromatic carbocycles. The molecule has 0 bridgehead atoms. The van der Waals surface area contributed by atoms with Gasteiger partial charge in [-0.3, -0.25) is 4.79 Å². The van der Waals surface area contributed by atoms with Crippen LogP contribution in [-0.4, -0.2) is 18.0 Å². The predicted octanol–water partition coefficient (Wildman–Crippen LogP) is 7.08. The van der Waals surface area contributed by atoms with Crippen molar-refractivity contribution in [2.45, 2.75) is 6.92 Å². The summed E-state index contributed by atoms with van der Waals surface area (Å²) in [7, 11) is 1.55. The Balaban J connectivity index is 1.67. The van der Waals surface area contributed by atoms with Crippen molar-refractivity contribution in [2.24, 2.45) is 0 Å². The molecule has 5 nitrogen and oxygen atoms in total. The zero-order chi connectivity index (χ0) is 21.4. The molecular weight excluding hydrogens is 583 g/mol. The molecule has 0 aliphatic rings. The van der Waals surface area contributed by atoms with Gasteiger partial charge in [0.25, 0.3) is 5.91 Å². The SMILES string of the molecule is COc1c(C)cc(Br)cc1C(=O)Nc1ccc2oc(-c3cc(I)ccc3Cl)nc2c1. The Bertz CT molecular complexity index is 1290. The Morgan fingerprint density at radius 2 is 2.00 bits per heavy atom. The van der Waals surface area contributed by atoms with Gasteiger partial charge < -0.3 is 14.5 Å². The summed E-state index contributed by atoms with van der Waals surface area (Å²) in [5.41, 5.74) is 3.85. The van der Waals surface area contributed by atoms with Crippen molar-refractivity contribution in [1.29, 1.82) is 0 Å². The van der Waals surface area contributed by atoms with Crippen molar-refractivity contribution in [3.05, 3.63) is 72.7 Å². The lowest BCUT2D eigenvalue weighted by Gasteiger charge is -2.12. The fourth-order valence-electron chi connectivity index (χ4n) is 3.15. The van der Waals surface area contributed by atoms with Gasteiger partial charge in [-0.1, -0.05) is 27.5 Å². The standard InChI is InChI=1S/C22H15BrClIN2O3/c1-11-7-12(23)8-16(20(11)29-2)21(28)26-14-4-6-19-18(10-14)27-22(30-19)15-9-13(25)3-5-17(15)24/h3-10H,1-2H3,(H,26,28). The van der Waals surface area contributed by atoms with Crippen LogP contribution >= 0.6 is 50.1 Å². The van der Waals surface area contributed by atoms with Crippen LogP contribution < -0.4 is 10.1 Å². The Hall–Kier alpha value is -2.10. The number of hydrogen-bond donors (Lipinski definition) is 1. The van der Waals surface area contributed by atoms with Crippen LogP contribution in [0.4, 0.5) is 5.69 Å². The second-order valence-electron chi connectivity index (χ2n) is 6.58. The molecule has 8 heteroatoms. The first-order chi connectivity index (χ1) is 14.4. The summed E-state index contributed by atoms with van der Waals surface area (Å²) in [5, 5.41) is 3.46. The zero-order valence-electron chi connectivity index (χ0n) is 15.9. The first-order valence-electron chi connectivity index (χ1n) is 8.87. The Labute approximate surface area is 200 Å². The third-order valence-corrected chi connectivity index (χ3v) is 5.95. The fourth-order valence-corrected chi connectivity index (χ4v) is 4.41. The number of benzene rings is 3. The molecule has 1 aromatic heterocycles. The fraction of sp³-hybridized carbons (Fsp3) is 0.0909. The summed E-state index contributed by atoms with van der Waals surface area (Å²) in [5.74, 6) is 0.690. The van der Waals surface area contributed by atoms with Crippen LogP contribution in [0.2, 0.25) is 5.02 Å². The molecule has 0 spiro atoms. The average molecular weight is 598 g/mol. The Kier molecular flexibility index (Phi) is 6.04. The van der Waals surface area contributed by atoms with E-state index in [2.05, 4.69) is 48.8 Å². The lowest BCUT2D eigenvalue weighted by Crippen LogP contribution is -2.13. The summed E-state index contributed by atoms with van der Waals surface area (Å²) in [6, 6.07) is 14.6. The highest BCUT2D eigenvalue weighted by Gasteiger charge is 2.17. The summed E-state index contributed by atoms with van der Waals surface area (Å²) in [6.45, 7) is 1.89. The number of carbonyl (C=O) groups is 1. The molecule has 0 radical (unpaired) electrons. The van der Waals surface area contributed by atoms with E-state index in [1.807, 2.05) is 31.2 Å². The molecule has 30 heavy (non-hydrogen) atoms. The third kappa shape index (κ3) is 4.19. The highest BCUT2D eigenvalue weighted by Crippen LogP contribution is 2.33. The number of methoxy groups -OCH3 is 1. The van der Waals surface area contributed by atoms with Crippen LogP contribution in [0.3, 0.4) is 0 Å². The van der Waals surface area contributed by atoms with Gasteiger partial charge in [0.1, 0.15) is 11.3 Å². The number of anilines is 1. The van der Waals surface area contributed by atoms with Gasteiger partial charge in [-0.15, -0.1) is 0 Å². The molecule has 0 aliphatic heterocycles. The molecule has 0 aliphatic carbocycles. The van der Waals surface area contributed by atoms with Crippen molar-refractivity contribution < 1.29 is 13.9 Å². The zero-order valence-corrected chi connectivity index (χ0v) is 20.4. The van der Waals surface area contributed by atoms with Crippen LogP contribution in [-0.2, 0) is 0 Å². The third-order valence-electron chi connectivity index (χ3n) is 4.49. The topological polar surface area (TPSA) is 64.4 Å². The monoisotopic (exact) mass is 596 g/mol. The van der Waals surface area contributed by atoms with Crippen LogP contribution in [0.25, 0.3) is 22.6 Å².